The van der Waals surface area contributed by atoms with Crippen LogP contribution >= 0.6 is 23.1 Å². The lowest BCUT2D eigenvalue weighted by molar-refractivity contribution is -0.116. The van der Waals surface area contributed by atoms with Crippen molar-refractivity contribution in [3.05, 3.63) is 46.2 Å². The highest BCUT2D eigenvalue weighted by Crippen LogP contribution is 2.33. The molecule has 0 spiro atoms. The van der Waals surface area contributed by atoms with E-state index in [0.717, 1.165) is 11.3 Å². The van der Waals surface area contributed by atoms with E-state index < -0.39 is 10.0 Å². The van der Waals surface area contributed by atoms with E-state index in [1.165, 1.54) is 10.9 Å². The Morgan fingerprint density at radius 1 is 1.33 bits per heavy atom. The van der Waals surface area contributed by atoms with E-state index in [2.05, 4.69) is 16.1 Å². The van der Waals surface area contributed by atoms with E-state index in [0.29, 0.717) is 18.0 Å². The monoisotopic (exact) mass is 382 g/mol. The summed E-state index contributed by atoms with van der Waals surface area (Å²) in [7, 11) is -3.56. The molecule has 0 radical (unpaired) electrons. The van der Waals surface area contributed by atoms with Gasteiger partial charge in [-0.3, -0.25) is 4.79 Å². The number of amides is 1. The molecule has 3 rings (SSSR count). The van der Waals surface area contributed by atoms with E-state index >= 15 is 0 Å². The summed E-state index contributed by atoms with van der Waals surface area (Å²) in [4.78, 5) is 13.1. The fourth-order valence-corrected chi connectivity index (χ4v) is 5.36. The second-order valence-corrected chi connectivity index (χ2v) is 9.39. The molecule has 2 N–H and O–H groups in total. The number of thiophene rings is 1. The number of nitrogens with one attached hydrogen (secondary N) is 2. The molecular weight excluding hydrogens is 364 g/mol. The molecule has 5 nitrogen and oxygen atoms in total. The average Bonchev–Trinajstić information content (AvgIpc) is 3.16. The Balaban J connectivity index is 1.57. The van der Waals surface area contributed by atoms with Gasteiger partial charge in [-0.25, -0.2) is 13.1 Å². The first-order chi connectivity index (χ1) is 11.5. The van der Waals surface area contributed by atoms with Gasteiger partial charge in [0.05, 0.1) is 10.8 Å². The van der Waals surface area contributed by atoms with Crippen molar-refractivity contribution >= 4 is 44.7 Å². The predicted octanol–water partition coefficient (Wildman–Crippen LogP) is 3.02. The standard InChI is InChI=1S/C16H18N2O3S3/c1-11-14-9-13(4-5-15(14)18-16(11)19)24(20,21)17-6-8-22-10-12-3-2-7-23-12/h2-5,7,9,11,17H,6,8,10H2,1H3,(H,18,19)/t11-/m1/s1. The van der Waals surface area contributed by atoms with Crippen molar-refractivity contribution in [3.8, 4) is 0 Å². The molecule has 0 bridgehead atoms. The number of rotatable bonds is 7. The summed E-state index contributed by atoms with van der Waals surface area (Å²) in [5.74, 6) is 1.18. The summed E-state index contributed by atoms with van der Waals surface area (Å²) in [5.41, 5.74) is 1.42. The molecule has 1 atom stereocenters. The third-order valence-corrected chi connectivity index (χ3v) is 7.34. The van der Waals surface area contributed by atoms with Gasteiger partial charge >= 0.3 is 0 Å². The Hall–Kier alpha value is -1.35. The molecule has 24 heavy (non-hydrogen) atoms. The third kappa shape index (κ3) is 3.83. The van der Waals surface area contributed by atoms with E-state index in [1.54, 1.807) is 42.2 Å². The van der Waals surface area contributed by atoms with E-state index in [-0.39, 0.29) is 16.7 Å². The molecule has 1 amide bonds. The number of carbonyl (C=O) groups is 1. The normalized spacial score (nSPS) is 16.9. The van der Waals surface area contributed by atoms with Gasteiger partial charge in [0.25, 0.3) is 0 Å². The minimum atomic E-state index is -3.56. The quantitative estimate of drug-likeness (QED) is 0.722. The lowest BCUT2D eigenvalue weighted by Crippen LogP contribution is -2.26. The first-order valence-electron chi connectivity index (χ1n) is 7.52. The molecule has 2 aromatic rings. The molecule has 1 aromatic carbocycles. The van der Waals surface area contributed by atoms with Gasteiger partial charge in [0.2, 0.25) is 15.9 Å². The number of benzene rings is 1. The summed E-state index contributed by atoms with van der Waals surface area (Å²) in [6.07, 6.45) is 0. The Labute approximate surface area is 149 Å². The van der Waals surface area contributed by atoms with Crippen LogP contribution in [0.5, 0.6) is 0 Å². The number of carbonyl (C=O) groups excluding carboxylic acids is 1. The summed E-state index contributed by atoms with van der Waals surface area (Å²) >= 11 is 3.40. The van der Waals surface area contributed by atoms with Crippen LogP contribution in [0.25, 0.3) is 0 Å². The summed E-state index contributed by atoms with van der Waals surface area (Å²) in [6, 6.07) is 8.84. The van der Waals surface area contributed by atoms with Crippen LogP contribution in [-0.2, 0) is 20.6 Å². The van der Waals surface area contributed by atoms with Gasteiger partial charge in [-0.05, 0) is 42.1 Å². The summed E-state index contributed by atoms with van der Waals surface area (Å²) in [6.45, 7) is 2.15. The lowest BCUT2D eigenvalue weighted by atomic mass is 10.0. The fourth-order valence-electron chi connectivity index (χ4n) is 2.46. The number of hydrogen-bond acceptors (Lipinski definition) is 5. The number of fused-ring (bicyclic) bond motifs is 1. The highest BCUT2D eigenvalue weighted by Gasteiger charge is 2.28. The Morgan fingerprint density at radius 3 is 2.92 bits per heavy atom. The van der Waals surface area contributed by atoms with Gasteiger partial charge in [0.15, 0.2) is 0 Å². The van der Waals surface area contributed by atoms with Gasteiger partial charge in [-0.1, -0.05) is 6.07 Å². The molecule has 0 saturated heterocycles. The average molecular weight is 383 g/mol. The van der Waals surface area contributed by atoms with Crippen molar-refractivity contribution < 1.29 is 13.2 Å². The van der Waals surface area contributed by atoms with Crippen LogP contribution in [0.15, 0.2) is 40.6 Å². The molecule has 0 saturated carbocycles. The maximum Gasteiger partial charge on any atom is 0.240 e. The van der Waals surface area contributed by atoms with Crippen molar-refractivity contribution in [1.82, 2.24) is 4.72 Å². The maximum atomic E-state index is 12.4. The van der Waals surface area contributed by atoms with Crippen molar-refractivity contribution in [2.24, 2.45) is 0 Å². The lowest BCUT2D eigenvalue weighted by Gasteiger charge is -2.09. The van der Waals surface area contributed by atoms with Gasteiger partial charge in [-0.15, -0.1) is 11.3 Å². The SMILES string of the molecule is C[C@H]1C(=O)Nc2ccc(S(=O)(=O)NCCSCc3cccs3)cc21. The molecule has 1 aliphatic rings. The van der Waals surface area contributed by atoms with E-state index in [4.69, 9.17) is 0 Å². The smallest absolute Gasteiger partial charge is 0.240 e. The van der Waals surface area contributed by atoms with Crippen molar-refractivity contribution in [2.45, 2.75) is 23.5 Å². The molecule has 8 heteroatoms. The van der Waals surface area contributed by atoms with Crippen LogP contribution in [0.2, 0.25) is 0 Å². The van der Waals surface area contributed by atoms with Crippen molar-refractivity contribution in [1.29, 1.82) is 0 Å². The second kappa shape index (κ2) is 7.26. The van der Waals surface area contributed by atoms with Crippen molar-refractivity contribution in [3.63, 3.8) is 0 Å². The Morgan fingerprint density at radius 2 is 2.17 bits per heavy atom. The van der Waals surface area contributed by atoms with Crippen LogP contribution in [0.3, 0.4) is 0 Å². The highest BCUT2D eigenvalue weighted by molar-refractivity contribution is 7.98. The maximum absolute atomic E-state index is 12.4. The van der Waals surface area contributed by atoms with Crippen LogP contribution in [0, 0.1) is 0 Å². The largest absolute Gasteiger partial charge is 0.325 e. The van der Waals surface area contributed by atoms with Crippen LogP contribution < -0.4 is 10.0 Å². The molecule has 128 valence electrons. The first kappa shape index (κ1) is 17.5. The zero-order chi connectivity index (χ0) is 17.2. The topological polar surface area (TPSA) is 75.3 Å². The number of thioether (sulfide) groups is 1. The molecule has 0 fully saturated rings. The van der Waals surface area contributed by atoms with Crippen LogP contribution in [-0.4, -0.2) is 26.6 Å². The van der Waals surface area contributed by atoms with E-state index in [1.807, 2.05) is 11.4 Å². The number of sulfonamides is 1. The highest BCUT2D eigenvalue weighted by atomic mass is 32.2. The fraction of sp³-hybridized carbons (Fsp3) is 0.312. The number of hydrogen-bond donors (Lipinski definition) is 2. The van der Waals surface area contributed by atoms with Gasteiger partial charge < -0.3 is 5.32 Å². The Kier molecular flexibility index (Phi) is 5.29. The summed E-state index contributed by atoms with van der Waals surface area (Å²) in [5, 5.41) is 4.78. The van der Waals surface area contributed by atoms with Crippen LogP contribution in [0.4, 0.5) is 5.69 Å². The minimum Gasteiger partial charge on any atom is -0.325 e. The molecule has 0 aliphatic carbocycles. The van der Waals surface area contributed by atoms with Crippen molar-refractivity contribution in [2.75, 3.05) is 17.6 Å². The van der Waals surface area contributed by atoms with Gasteiger partial charge in [-0.2, -0.15) is 11.8 Å². The molecule has 1 aliphatic heterocycles. The van der Waals surface area contributed by atoms with E-state index in [9.17, 15) is 13.2 Å². The van der Waals surface area contributed by atoms with Gasteiger partial charge in [0, 0.05) is 28.6 Å². The Bertz CT molecular complexity index is 832. The first-order valence-corrected chi connectivity index (χ1v) is 11.0. The second-order valence-electron chi connectivity index (χ2n) is 5.49. The predicted molar refractivity (Wildman–Crippen MR) is 99.2 cm³/mol. The zero-order valence-corrected chi connectivity index (χ0v) is 15.6. The van der Waals surface area contributed by atoms with Crippen LogP contribution in [0.1, 0.15) is 23.3 Å². The van der Waals surface area contributed by atoms with Gasteiger partial charge in [0.1, 0.15) is 0 Å². The minimum absolute atomic E-state index is 0.0996. The summed E-state index contributed by atoms with van der Waals surface area (Å²) < 4.78 is 27.4. The molecular formula is C16H18N2O3S3. The number of anilines is 1. The zero-order valence-electron chi connectivity index (χ0n) is 13.1. The molecule has 1 aromatic heterocycles. The molecule has 2 heterocycles. The third-order valence-electron chi connectivity index (χ3n) is 3.81. The molecule has 0 unspecified atom stereocenters.